The van der Waals surface area contributed by atoms with Crippen molar-refractivity contribution in [1.29, 1.82) is 0 Å². The molecule has 1 N–H and O–H groups in total. The van der Waals surface area contributed by atoms with Crippen molar-refractivity contribution in [1.82, 2.24) is 4.57 Å². The van der Waals surface area contributed by atoms with Gasteiger partial charge in [0.2, 0.25) is 5.88 Å². The highest BCUT2D eigenvalue weighted by atomic mass is 32.1. The molecule has 28 heavy (non-hydrogen) atoms. The highest BCUT2D eigenvalue weighted by Crippen LogP contribution is 2.37. The van der Waals surface area contributed by atoms with Crippen LogP contribution < -0.4 is 4.80 Å². The Morgan fingerprint density at radius 3 is 2.61 bits per heavy atom. The number of aromatic hydroxyl groups is 1. The molecular formula is C23H21N3OS. The van der Waals surface area contributed by atoms with E-state index >= 15 is 0 Å². The highest BCUT2D eigenvalue weighted by molar-refractivity contribution is 7.10. The first-order valence-corrected chi connectivity index (χ1v) is 10.5. The smallest absolute Gasteiger partial charge is 0.211 e. The molecule has 0 saturated heterocycles. The Bertz CT molecular complexity index is 1130. The molecule has 0 unspecified atom stereocenters. The number of thiazole rings is 1. The minimum absolute atomic E-state index is 0.315. The molecule has 1 aliphatic heterocycles. The van der Waals surface area contributed by atoms with Crippen LogP contribution in [-0.4, -0.2) is 15.9 Å². The summed E-state index contributed by atoms with van der Waals surface area (Å²) in [5.74, 6) is 0.317. The van der Waals surface area contributed by atoms with Gasteiger partial charge in [-0.3, -0.25) is 9.56 Å². The molecule has 5 rings (SSSR count). The lowest BCUT2D eigenvalue weighted by Gasteiger charge is -2.12. The number of aliphatic imine (C=N–C) groups is 1. The van der Waals surface area contributed by atoms with Gasteiger partial charge < -0.3 is 5.11 Å². The van der Waals surface area contributed by atoms with Crippen LogP contribution in [0, 0.1) is 0 Å². The van der Waals surface area contributed by atoms with Gasteiger partial charge in [-0.05, 0) is 37.1 Å². The second kappa shape index (κ2) is 7.24. The third-order valence-corrected chi connectivity index (χ3v) is 6.36. The Hall–Kier alpha value is -2.92. The van der Waals surface area contributed by atoms with Crippen molar-refractivity contribution in [2.75, 3.05) is 0 Å². The van der Waals surface area contributed by atoms with Gasteiger partial charge in [-0.2, -0.15) is 0 Å². The van der Waals surface area contributed by atoms with Crippen molar-refractivity contribution in [3.63, 3.8) is 0 Å². The molecule has 0 atom stereocenters. The number of aromatic nitrogens is 1. The van der Waals surface area contributed by atoms with Crippen molar-refractivity contribution in [3.05, 3.63) is 69.8 Å². The maximum atomic E-state index is 11.1. The number of hydrogen-bond acceptors (Lipinski definition) is 4. The predicted molar refractivity (Wildman–Crippen MR) is 116 cm³/mol. The maximum Gasteiger partial charge on any atom is 0.211 e. The molecule has 1 aliphatic carbocycles. The molecule has 140 valence electrons. The van der Waals surface area contributed by atoms with Crippen LogP contribution in [0.15, 0.2) is 64.6 Å². The molecule has 1 saturated carbocycles. The molecule has 1 fully saturated rings. The highest BCUT2D eigenvalue weighted by Gasteiger charge is 2.23. The quantitative estimate of drug-likeness (QED) is 0.601. The molecule has 2 aliphatic rings. The number of para-hydroxylation sites is 2. The van der Waals surface area contributed by atoms with E-state index in [0.29, 0.717) is 11.9 Å². The average Bonchev–Trinajstić information content (AvgIpc) is 3.44. The zero-order chi connectivity index (χ0) is 18.9. The van der Waals surface area contributed by atoms with E-state index in [0.717, 1.165) is 45.0 Å². The van der Waals surface area contributed by atoms with E-state index in [1.54, 1.807) is 0 Å². The predicted octanol–water partition coefficient (Wildman–Crippen LogP) is 5.86. The fourth-order valence-electron chi connectivity index (χ4n) is 3.97. The van der Waals surface area contributed by atoms with Crippen molar-refractivity contribution in [3.8, 4) is 5.88 Å². The second-order valence-corrected chi connectivity index (χ2v) is 8.21. The van der Waals surface area contributed by atoms with E-state index < -0.39 is 0 Å². The summed E-state index contributed by atoms with van der Waals surface area (Å²) in [6.45, 7) is 0. The van der Waals surface area contributed by atoms with E-state index in [-0.39, 0.29) is 0 Å². The molecule has 2 heterocycles. The average molecular weight is 388 g/mol. The molecule has 2 aromatic carbocycles. The van der Waals surface area contributed by atoms with Crippen LogP contribution in [0.4, 0.5) is 11.4 Å². The first-order valence-electron chi connectivity index (χ1n) is 9.69. The lowest BCUT2D eigenvalue weighted by atomic mass is 10.1. The van der Waals surface area contributed by atoms with E-state index in [4.69, 9.17) is 4.99 Å². The van der Waals surface area contributed by atoms with Gasteiger partial charge in [0.05, 0.1) is 16.3 Å². The normalized spacial score (nSPS) is 18.3. The fourth-order valence-corrected chi connectivity index (χ4v) is 5.03. The largest absolute Gasteiger partial charge is 0.493 e. The maximum absolute atomic E-state index is 11.1. The van der Waals surface area contributed by atoms with Crippen LogP contribution in [0.25, 0.3) is 11.6 Å². The molecule has 4 nitrogen and oxygen atoms in total. The zero-order valence-electron chi connectivity index (χ0n) is 15.5. The van der Waals surface area contributed by atoms with Crippen molar-refractivity contribution in [2.45, 2.75) is 31.7 Å². The lowest BCUT2D eigenvalue weighted by Crippen LogP contribution is -2.18. The third-order valence-electron chi connectivity index (χ3n) is 5.37. The molecule has 0 radical (unpaired) electrons. The van der Waals surface area contributed by atoms with E-state index in [9.17, 15) is 5.11 Å². The fraction of sp³-hybridized carbons (Fsp3) is 0.217. The standard InChI is InChI=1S/C23H21N3OS/c27-22-21(14-16-15-24-20-13-7-6-12-19(16)20)28-23(25-17-8-2-1-3-9-17)26(22)18-10-4-5-11-18/h1-3,6-9,12-15,18,27H,4-5,10-11H2/b16-14-,25-23?. The lowest BCUT2D eigenvalue weighted by molar-refractivity contribution is 0.375. The SMILES string of the molecule is Oc1c(/C=C2/C=Nc3ccccc32)sc(=Nc2ccccc2)n1C1CCCC1. The number of benzene rings is 2. The Morgan fingerprint density at radius 2 is 1.79 bits per heavy atom. The number of fused-ring (bicyclic) bond motifs is 1. The van der Waals surface area contributed by atoms with Crippen molar-refractivity contribution < 1.29 is 5.11 Å². The number of allylic oxidation sites excluding steroid dienone is 1. The summed E-state index contributed by atoms with van der Waals surface area (Å²) in [7, 11) is 0. The number of nitrogens with zero attached hydrogens (tertiary/aromatic N) is 3. The Labute approximate surface area is 167 Å². The first-order chi connectivity index (χ1) is 13.8. The second-order valence-electron chi connectivity index (χ2n) is 7.20. The van der Waals surface area contributed by atoms with E-state index in [1.807, 2.05) is 65.4 Å². The molecule has 3 aromatic rings. The molecule has 0 spiro atoms. The summed E-state index contributed by atoms with van der Waals surface area (Å²) in [5.41, 5.74) is 4.01. The van der Waals surface area contributed by atoms with Crippen molar-refractivity contribution in [2.24, 2.45) is 9.98 Å². The van der Waals surface area contributed by atoms with Crippen LogP contribution in [0.5, 0.6) is 5.88 Å². The summed E-state index contributed by atoms with van der Waals surface area (Å²) in [5, 5.41) is 11.1. The number of rotatable bonds is 3. The first kappa shape index (κ1) is 17.2. The zero-order valence-corrected chi connectivity index (χ0v) is 16.3. The molecule has 5 heteroatoms. The molecular weight excluding hydrogens is 366 g/mol. The topological polar surface area (TPSA) is 49.9 Å². The van der Waals surface area contributed by atoms with Gasteiger partial charge in [-0.1, -0.05) is 60.6 Å². The van der Waals surface area contributed by atoms with Crippen LogP contribution >= 0.6 is 11.3 Å². The monoisotopic (exact) mass is 387 g/mol. The summed E-state index contributed by atoms with van der Waals surface area (Å²) >= 11 is 1.54. The van der Waals surface area contributed by atoms with Crippen LogP contribution in [0.2, 0.25) is 0 Å². The number of hydrogen-bond donors (Lipinski definition) is 1. The van der Waals surface area contributed by atoms with Crippen molar-refractivity contribution >= 4 is 40.6 Å². The summed E-state index contributed by atoms with van der Waals surface area (Å²) in [4.78, 5) is 11.0. The van der Waals surface area contributed by atoms with Gasteiger partial charge in [-0.15, -0.1) is 0 Å². The third kappa shape index (κ3) is 3.12. The van der Waals surface area contributed by atoms with Gasteiger partial charge in [0.1, 0.15) is 0 Å². The minimum Gasteiger partial charge on any atom is -0.493 e. The van der Waals surface area contributed by atoms with E-state index in [1.165, 1.54) is 24.2 Å². The summed E-state index contributed by atoms with van der Waals surface area (Å²) in [6.07, 6.45) is 8.49. The molecule has 0 amide bonds. The Kier molecular flexibility index (Phi) is 4.45. The van der Waals surface area contributed by atoms with Crippen LogP contribution in [0.1, 0.15) is 42.2 Å². The van der Waals surface area contributed by atoms with Gasteiger partial charge in [-0.25, -0.2) is 4.99 Å². The van der Waals surface area contributed by atoms with Crippen LogP contribution in [0.3, 0.4) is 0 Å². The van der Waals surface area contributed by atoms with Gasteiger partial charge in [0, 0.05) is 23.4 Å². The van der Waals surface area contributed by atoms with Gasteiger partial charge in [0.25, 0.3) is 0 Å². The molecule has 1 aromatic heterocycles. The van der Waals surface area contributed by atoms with Gasteiger partial charge >= 0.3 is 0 Å². The summed E-state index contributed by atoms with van der Waals surface area (Å²) < 4.78 is 2.04. The summed E-state index contributed by atoms with van der Waals surface area (Å²) in [6, 6.07) is 18.4. The minimum atomic E-state index is 0.315. The Morgan fingerprint density at radius 1 is 1.04 bits per heavy atom. The Balaban J connectivity index is 1.64. The van der Waals surface area contributed by atoms with E-state index in [2.05, 4.69) is 11.1 Å². The van der Waals surface area contributed by atoms with Gasteiger partial charge in [0.15, 0.2) is 4.80 Å². The molecule has 0 bridgehead atoms. The van der Waals surface area contributed by atoms with Crippen LogP contribution in [-0.2, 0) is 0 Å².